The van der Waals surface area contributed by atoms with E-state index in [0.29, 0.717) is 12.0 Å². The quantitative estimate of drug-likeness (QED) is 0.159. The van der Waals surface area contributed by atoms with E-state index >= 15 is 0 Å². The van der Waals surface area contributed by atoms with Crippen molar-refractivity contribution in [3.8, 4) is 5.75 Å². The zero-order valence-electron chi connectivity index (χ0n) is 19.4. The molecule has 1 rings (SSSR count). The van der Waals surface area contributed by atoms with Gasteiger partial charge in [0.15, 0.2) is 0 Å². The van der Waals surface area contributed by atoms with Crippen LogP contribution in [0.1, 0.15) is 32.8 Å². The molecule has 12 heteroatoms. The molecule has 0 saturated heterocycles. The first kappa shape index (κ1) is 28.8. The van der Waals surface area contributed by atoms with Crippen LogP contribution in [0, 0.1) is 5.92 Å². The first-order valence-corrected chi connectivity index (χ1v) is 10.9. The Labute approximate surface area is 197 Å². The molecule has 0 aliphatic carbocycles. The maximum absolute atomic E-state index is 12.7. The van der Waals surface area contributed by atoms with Gasteiger partial charge in [0.1, 0.15) is 23.9 Å². The van der Waals surface area contributed by atoms with E-state index in [1.54, 1.807) is 26.0 Å². The smallest absolute Gasteiger partial charge is 0.326 e. The monoisotopic (exact) mass is 482 g/mol. The molecular weight excluding hydrogens is 448 g/mol. The number of hydrogen-bond acceptors (Lipinski definition) is 8. The summed E-state index contributed by atoms with van der Waals surface area (Å²) >= 11 is 0. The van der Waals surface area contributed by atoms with Gasteiger partial charge in [-0.3, -0.25) is 14.4 Å². The van der Waals surface area contributed by atoms with E-state index in [1.807, 2.05) is 0 Å². The highest BCUT2D eigenvalue weighted by Crippen LogP contribution is 2.11. The molecule has 1 aromatic rings. The Morgan fingerprint density at radius 1 is 0.941 bits per heavy atom. The number of benzene rings is 1. The number of aromatic hydroxyl groups is 1. The molecule has 1 aromatic carbocycles. The molecule has 190 valence electrons. The molecular formula is C22H34N4O8. The molecule has 0 radical (unpaired) electrons. The zero-order chi connectivity index (χ0) is 26.0. The lowest BCUT2D eigenvalue weighted by Crippen LogP contribution is -2.61. The van der Waals surface area contributed by atoms with Crippen molar-refractivity contribution in [3.05, 3.63) is 29.8 Å². The Morgan fingerprint density at radius 2 is 1.50 bits per heavy atom. The molecule has 3 amide bonds. The van der Waals surface area contributed by atoms with Gasteiger partial charge in [0.05, 0.1) is 18.8 Å². The lowest BCUT2D eigenvalue weighted by atomic mass is 9.99. The highest BCUT2D eigenvalue weighted by atomic mass is 16.4. The standard InChI is InChI=1S/C22H34N4O8/c1-4-11(2)17(22(33)34)25-20(31)16(10-27)24-21(32)18(12(3)28)26-19(30)15(23)9-13-5-7-14(29)8-6-13/h5-8,11-12,15-18,27-29H,4,9-10,23H2,1-3H3,(H,24,32)(H,25,31)(H,26,30)(H,33,34). The van der Waals surface area contributed by atoms with Crippen molar-refractivity contribution < 1.29 is 39.6 Å². The van der Waals surface area contributed by atoms with Crippen LogP contribution in [-0.2, 0) is 25.6 Å². The fraction of sp³-hybridized carbons (Fsp3) is 0.545. The van der Waals surface area contributed by atoms with Gasteiger partial charge in [-0.15, -0.1) is 0 Å². The highest BCUT2D eigenvalue weighted by molar-refractivity contribution is 5.94. The average Bonchev–Trinajstić information content (AvgIpc) is 2.79. The van der Waals surface area contributed by atoms with Gasteiger partial charge in [-0.25, -0.2) is 4.79 Å². The number of nitrogens with one attached hydrogen (secondary N) is 3. The largest absolute Gasteiger partial charge is 0.508 e. The zero-order valence-corrected chi connectivity index (χ0v) is 19.4. The number of aliphatic hydroxyl groups is 2. The normalized spacial score (nSPS) is 16.3. The Balaban J connectivity index is 2.82. The average molecular weight is 483 g/mol. The van der Waals surface area contributed by atoms with Gasteiger partial charge in [0.25, 0.3) is 0 Å². The van der Waals surface area contributed by atoms with Crippen LogP contribution in [0.25, 0.3) is 0 Å². The highest BCUT2D eigenvalue weighted by Gasteiger charge is 2.33. The number of aliphatic carboxylic acids is 1. The fourth-order valence-corrected chi connectivity index (χ4v) is 3.04. The van der Waals surface area contributed by atoms with E-state index in [1.165, 1.54) is 19.1 Å². The third kappa shape index (κ3) is 8.61. The summed E-state index contributed by atoms with van der Waals surface area (Å²) in [6, 6.07) is 0.707. The lowest BCUT2D eigenvalue weighted by molar-refractivity contribution is -0.144. The first-order valence-electron chi connectivity index (χ1n) is 10.9. The summed E-state index contributed by atoms with van der Waals surface area (Å²) in [7, 11) is 0. The van der Waals surface area contributed by atoms with Crippen LogP contribution in [0.3, 0.4) is 0 Å². The molecule has 6 atom stereocenters. The molecule has 9 N–H and O–H groups in total. The molecule has 0 aromatic heterocycles. The number of aliphatic hydroxyl groups excluding tert-OH is 2. The summed E-state index contributed by atoms with van der Waals surface area (Å²) in [5.74, 6) is -4.26. The molecule has 0 aliphatic heterocycles. The second-order valence-electron chi connectivity index (χ2n) is 8.16. The molecule has 0 aliphatic rings. The number of amides is 3. The van der Waals surface area contributed by atoms with Gasteiger partial charge in [-0.1, -0.05) is 32.4 Å². The molecule has 0 saturated carbocycles. The Kier molecular flexibility index (Phi) is 11.4. The Hall–Kier alpha value is -3.22. The molecule has 34 heavy (non-hydrogen) atoms. The summed E-state index contributed by atoms with van der Waals surface area (Å²) in [4.78, 5) is 49.0. The summed E-state index contributed by atoms with van der Waals surface area (Å²) < 4.78 is 0. The van der Waals surface area contributed by atoms with E-state index < -0.39 is 66.5 Å². The van der Waals surface area contributed by atoms with Crippen LogP contribution < -0.4 is 21.7 Å². The van der Waals surface area contributed by atoms with E-state index in [4.69, 9.17) is 5.73 Å². The molecule has 0 bridgehead atoms. The van der Waals surface area contributed by atoms with Gasteiger partial charge in [-0.2, -0.15) is 0 Å². The van der Waals surface area contributed by atoms with Gasteiger partial charge < -0.3 is 42.1 Å². The molecule has 12 nitrogen and oxygen atoms in total. The Morgan fingerprint density at radius 3 is 1.97 bits per heavy atom. The van der Waals surface area contributed by atoms with Crippen molar-refractivity contribution >= 4 is 23.7 Å². The van der Waals surface area contributed by atoms with Crippen molar-refractivity contribution in [3.63, 3.8) is 0 Å². The van der Waals surface area contributed by atoms with Crippen LogP contribution >= 0.6 is 0 Å². The van der Waals surface area contributed by atoms with Crippen molar-refractivity contribution in [2.75, 3.05) is 6.61 Å². The summed E-state index contributed by atoms with van der Waals surface area (Å²) in [6.45, 7) is 3.78. The number of nitrogens with two attached hydrogens (primary N) is 1. The molecule has 0 spiro atoms. The number of carboxylic acids is 1. The summed E-state index contributed by atoms with van der Waals surface area (Å²) in [5, 5.41) is 45.0. The van der Waals surface area contributed by atoms with Crippen LogP contribution in [0.4, 0.5) is 0 Å². The van der Waals surface area contributed by atoms with Crippen LogP contribution in [0.2, 0.25) is 0 Å². The number of phenolic OH excluding ortho intramolecular Hbond substituents is 1. The van der Waals surface area contributed by atoms with Crippen molar-refractivity contribution in [1.82, 2.24) is 16.0 Å². The maximum Gasteiger partial charge on any atom is 0.326 e. The fourth-order valence-electron chi connectivity index (χ4n) is 3.04. The SMILES string of the molecule is CCC(C)C(NC(=O)C(CO)NC(=O)C(NC(=O)C(N)Cc1ccc(O)cc1)C(C)O)C(=O)O. The summed E-state index contributed by atoms with van der Waals surface area (Å²) in [6.07, 6.45) is -0.818. The minimum atomic E-state index is -1.51. The van der Waals surface area contributed by atoms with Crippen molar-refractivity contribution in [2.24, 2.45) is 11.7 Å². The molecule has 0 heterocycles. The van der Waals surface area contributed by atoms with E-state index in [0.717, 1.165) is 0 Å². The number of carbonyl (C=O) groups excluding carboxylic acids is 3. The second-order valence-corrected chi connectivity index (χ2v) is 8.16. The van der Waals surface area contributed by atoms with Crippen LogP contribution in [-0.4, -0.2) is 81.0 Å². The number of hydrogen-bond donors (Lipinski definition) is 8. The van der Waals surface area contributed by atoms with Gasteiger partial charge >= 0.3 is 5.97 Å². The molecule has 6 unspecified atom stereocenters. The number of rotatable bonds is 13. The van der Waals surface area contributed by atoms with Gasteiger partial charge in [0.2, 0.25) is 17.7 Å². The third-order valence-corrected chi connectivity index (χ3v) is 5.38. The predicted molar refractivity (Wildman–Crippen MR) is 121 cm³/mol. The minimum absolute atomic E-state index is 0.0499. The van der Waals surface area contributed by atoms with Gasteiger partial charge in [0, 0.05) is 0 Å². The predicted octanol–water partition coefficient (Wildman–Crippen LogP) is -1.78. The Bertz CT molecular complexity index is 846. The topological polar surface area (TPSA) is 211 Å². The van der Waals surface area contributed by atoms with Crippen molar-refractivity contribution in [1.29, 1.82) is 0 Å². The van der Waals surface area contributed by atoms with Gasteiger partial charge in [-0.05, 0) is 37.0 Å². The summed E-state index contributed by atoms with van der Waals surface area (Å²) in [5.41, 5.74) is 6.55. The number of phenols is 1. The third-order valence-electron chi connectivity index (χ3n) is 5.38. The maximum atomic E-state index is 12.7. The number of carboxylic acid groups (broad SMARTS) is 1. The van der Waals surface area contributed by atoms with E-state index in [9.17, 15) is 39.6 Å². The van der Waals surface area contributed by atoms with E-state index in [-0.39, 0.29) is 12.2 Å². The lowest BCUT2D eigenvalue weighted by Gasteiger charge is -2.26. The van der Waals surface area contributed by atoms with Crippen molar-refractivity contribution in [2.45, 2.75) is 63.9 Å². The first-order chi connectivity index (χ1) is 15.9. The second kappa shape index (κ2) is 13.5. The minimum Gasteiger partial charge on any atom is -0.508 e. The van der Waals surface area contributed by atoms with Crippen LogP contribution in [0.15, 0.2) is 24.3 Å². The van der Waals surface area contributed by atoms with Crippen LogP contribution in [0.5, 0.6) is 5.75 Å². The van der Waals surface area contributed by atoms with E-state index in [2.05, 4.69) is 16.0 Å². The number of carbonyl (C=O) groups is 4. The molecule has 0 fully saturated rings.